The standard InChI is InChI=1S/C18H17ClF4N6O/c1-9-7-29(18(24)26-9)25-6-10-3-4-12(30-2)11(5-10)8-28-15(17(22)23)13(19)14(27-28)16(20)21/h3-7,16-17H,8H2,1-2H3,(H2,24,26). The van der Waals surface area contributed by atoms with Gasteiger partial charge in [-0.15, -0.1) is 0 Å². The maximum Gasteiger partial charge on any atom is 0.283 e. The lowest BCUT2D eigenvalue weighted by Gasteiger charge is -2.12. The molecular formula is C18H17ClF4N6O. The highest BCUT2D eigenvalue weighted by Gasteiger charge is 2.28. The number of nitrogen functional groups attached to an aromatic ring is 1. The predicted octanol–water partition coefficient (Wildman–Crippen LogP) is 4.44. The van der Waals surface area contributed by atoms with Gasteiger partial charge < -0.3 is 10.5 Å². The minimum Gasteiger partial charge on any atom is -0.496 e. The molecule has 12 heteroatoms. The third-order valence-electron chi connectivity index (χ3n) is 4.16. The van der Waals surface area contributed by atoms with Gasteiger partial charge in [0.2, 0.25) is 5.95 Å². The molecule has 0 fully saturated rings. The van der Waals surface area contributed by atoms with Crippen molar-refractivity contribution in [3.05, 3.63) is 57.6 Å². The number of alkyl halides is 4. The molecule has 3 rings (SSSR count). The Kier molecular flexibility index (Phi) is 6.30. The minimum absolute atomic E-state index is 0.199. The van der Waals surface area contributed by atoms with E-state index in [-0.39, 0.29) is 12.5 Å². The number of nitrogens with zero attached hydrogens (tertiary/aromatic N) is 5. The Hall–Kier alpha value is -3.08. The van der Waals surface area contributed by atoms with Crippen LogP contribution in [0, 0.1) is 6.92 Å². The van der Waals surface area contributed by atoms with Crippen LogP contribution in [-0.4, -0.2) is 32.8 Å². The van der Waals surface area contributed by atoms with Gasteiger partial charge in [-0.1, -0.05) is 11.6 Å². The van der Waals surface area contributed by atoms with Crippen molar-refractivity contribution in [2.75, 3.05) is 12.8 Å². The third-order valence-corrected chi connectivity index (χ3v) is 4.55. The molecule has 0 saturated heterocycles. The summed E-state index contributed by atoms with van der Waals surface area (Å²) in [5.74, 6) is 0.556. The summed E-state index contributed by atoms with van der Waals surface area (Å²) in [5, 5.41) is 7.02. The van der Waals surface area contributed by atoms with E-state index in [1.54, 1.807) is 31.3 Å². The Labute approximate surface area is 173 Å². The van der Waals surface area contributed by atoms with Gasteiger partial charge in [0.1, 0.15) is 17.1 Å². The number of methoxy groups -OCH3 is 1. The molecule has 0 aliphatic heterocycles. The van der Waals surface area contributed by atoms with E-state index in [4.69, 9.17) is 22.1 Å². The first-order chi connectivity index (χ1) is 14.2. The summed E-state index contributed by atoms with van der Waals surface area (Å²) in [5.41, 5.74) is 5.74. The van der Waals surface area contributed by atoms with Crippen molar-refractivity contribution < 1.29 is 22.3 Å². The number of ether oxygens (including phenoxy) is 1. The smallest absolute Gasteiger partial charge is 0.283 e. The molecule has 0 aliphatic rings. The van der Waals surface area contributed by atoms with E-state index in [1.807, 2.05) is 0 Å². The number of aromatic nitrogens is 4. The van der Waals surface area contributed by atoms with Crippen LogP contribution in [0.15, 0.2) is 29.5 Å². The Morgan fingerprint density at radius 1 is 1.27 bits per heavy atom. The van der Waals surface area contributed by atoms with E-state index in [0.717, 1.165) is 4.68 Å². The number of rotatable bonds is 7. The minimum atomic E-state index is -3.08. The predicted molar refractivity (Wildman–Crippen MR) is 104 cm³/mol. The average molecular weight is 445 g/mol. The van der Waals surface area contributed by atoms with Crippen LogP contribution in [0.4, 0.5) is 23.5 Å². The summed E-state index contributed by atoms with van der Waals surface area (Å²) < 4.78 is 60.3. The third kappa shape index (κ3) is 4.40. The highest BCUT2D eigenvalue weighted by atomic mass is 35.5. The fraction of sp³-hybridized carbons (Fsp3) is 0.278. The van der Waals surface area contributed by atoms with E-state index in [9.17, 15) is 17.6 Å². The van der Waals surface area contributed by atoms with Crippen LogP contribution in [0.5, 0.6) is 5.75 Å². The van der Waals surface area contributed by atoms with Crippen LogP contribution < -0.4 is 10.5 Å². The lowest BCUT2D eigenvalue weighted by Crippen LogP contribution is -2.09. The molecule has 7 nitrogen and oxygen atoms in total. The van der Waals surface area contributed by atoms with Gasteiger partial charge in [-0.05, 0) is 30.7 Å². The largest absolute Gasteiger partial charge is 0.496 e. The van der Waals surface area contributed by atoms with Crippen LogP contribution in [-0.2, 0) is 6.54 Å². The number of halogens is 5. The molecular weight excluding hydrogens is 428 g/mol. The fourth-order valence-electron chi connectivity index (χ4n) is 2.83. The van der Waals surface area contributed by atoms with Crippen LogP contribution in [0.2, 0.25) is 5.02 Å². The molecule has 3 aromatic rings. The Balaban J connectivity index is 1.97. The first-order valence-electron chi connectivity index (χ1n) is 8.56. The SMILES string of the molecule is COc1ccc(C=Nn2cc(C)nc2N)cc1Cn1nc(C(F)F)c(Cl)c1C(F)F. The van der Waals surface area contributed by atoms with Gasteiger partial charge in [0, 0.05) is 5.56 Å². The van der Waals surface area contributed by atoms with Crippen molar-refractivity contribution in [3.63, 3.8) is 0 Å². The molecule has 0 saturated carbocycles. The second-order valence-corrected chi connectivity index (χ2v) is 6.62. The summed E-state index contributed by atoms with van der Waals surface area (Å²) in [4.78, 5) is 4.03. The average Bonchev–Trinajstić information content (AvgIpc) is 3.18. The molecule has 0 amide bonds. The van der Waals surface area contributed by atoms with Gasteiger partial charge in [0.25, 0.3) is 12.9 Å². The number of anilines is 1. The topological polar surface area (TPSA) is 83.2 Å². The zero-order valence-corrected chi connectivity index (χ0v) is 16.6. The molecule has 160 valence electrons. The maximum absolute atomic E-state index is 13.4. The molecule has 1 aromatic carbocycles. The molecule has 0 unspecified atom stereocenters. The summed E-state index contributed by atoms with van der Waals surface area (Å²) in [6.45, 7) is 1.50. The molecule has 0 bridgehead atoms. The van der Waals surface area contributed by atoms with Gasteiger partial charge in [-0.2, -0.15) is 10.2 Å². The van der Waals surface area contributed by atoms with Gasteiger partial charge in [0.15, 0.2) is 0 Å². The molecule has 0 radical (unpaired) electrons. The second kappa shape index (κ2) is 8.74. The highest BCUT2D eigenvalue weighted by molar-refractivity contribution is 6.32. The lowest BCUT2D eigenvalue weighted by molar-refractivity contribution is 0.139. The zero-order valence-electron chi connectivity index (χ0n) is 15.9. The first kappa shape index (κ1) is 21.6. The van der Waals surface area contributed by atoms with Crippen molar-refractivity contribution in [1.29, 1.82) is 0 Å². The van der Waals surface area contributed by atoms with Crippen molar-refractivity contribution in [2.45, 2.75) is 26.3 Å². The normalized spacial score (nSPS) is 11.9. The van der Waals surface area contributed by atoms with Gasteiger partial charge in [-0.25, -0.2) is 27.2 Å². The summed E-state index contributed by atoms with van der Waals surface area (Å²) in [6, 6.07) is 4.88. The van der Waals surface area contributed by atoms with E-state index in [0.29, 0.717) is 22.6 Å². The summed E-state index contributed by atoms with van der Waals surface area (Å²) >= 11 is 5.71. The van der Waals surface area contributed by atoms with Crippen molar-refractivity contribution in [2.24, 2.45) is 5.10 Å². The Morgan fingerprint density at radius 3 is 2.57 bits per heavy atom. The Morgan fingerprint density at radius 2 is 2.00 bits per heavy atom. The molecule has 30 heavy (non-hydrogen) atoms. The molecule has 0 aliphatic carbocycles. The van der Waals surface area contributed by atoms with Crippen LogP contribution in [0.3, 0.4) is 0 Å². The number of aryl methyl sites for hydroxylation is 1. The first-order valence-corrected chi connectivity index (χ1v) is 8.94. The highest BCUT2D eigenvalue weighted by Crippen LogP contribution is 2.35. The molecule has 2 N–H and O–H groups in total. The van der Waals surface area contributed by atoms with Crippen LogP contribution in [0.1, 0.15) is 41.1 Å². The van der Waals surface area contributed by atoms with Crippen LogP contribution in [0.25, 0.3) is 0 Å². The molecule has 0 atom stereocenters. The number of imidazole rings is 1. The number of nitrogens with two attached hydrogens (primary N) is 1. The number of hydrogen-bond donors (Lipinski definition) is 1. The summed E-state index contributed by atoms with van der Waals surface area (Å²) in [6.07, 6.45) is -3.06. The number of hydrogen-bond acceptors (Lipinski definition) is 5. The van der Waals surface area contributed by atoms with E-state index in [2.05, 4.69) is 15.2 Å². The maximum atomic E-state index is 13.4. The zero-order chi connectivity index (χ0) is 22.0. The lowest BCUT2D eigenvalue weighted by atomic mass is 10.1. The quantitative estimate of drug-likeness (QED) is 0.431. The van der Waals surface area contributed by atoms with Gasteiger partial charge in [0.05, 0.1) is 36.8 Å². The van der Waals surface area contributed by atoms with E-state index in [1.165, 1.54) is 18.0 Å². The van der Waals surface area contributed by atoms with Gasteiger partial charge >= 0.3 is 0 Å². The molecule has 2 aromatic heterocycles. The number of benzene rings is 1. The fourth-order valence-corrected chi connectivity index (χ4v) is 3.13. The van der Waals surface area contributed by atoms with Crippen molar-refractivity contribution in [3.8, 4) is 5.75 Å². The van der Waals surface area contributed by atoms with E-state index < -0.39 is 29.3 Å². The monoisotopic (exact) mass is 444 g/mol. The van der Waals surface area contributed by atoms with Crippen molar-refractivity contribution in [1.82, 2.24) is 19.4 Å². The Bertz CT molecular complexity index is 1080. The molecule has 0 spiro atoms. The molecule has 2 heterocycles. The van der Waals surface area contributed by atoms with E-state index >= 15 is 0 Å². The van der Waals surface area contributed by atoms with Crippen molar-refractivity contribution >= 4 is 23.8 Å². The van der Waals surface area contributed by atoms with Crippen LogP contribution >= 0.6 is 11.6 Å². The summed E-state index contributed by atoms with van der Waals surface area (Å²) in [7, 11) is 1.40. The van der Waals surface area contributed by atoms with Gasteiger partial charge in [-0.3, -0.25) is 4.68 Å². The second-order valence-electron chi connectivity index (χ2n) is 6.24.